The summed E-state index contributed by atoms with van der Waals surface area (Å²) in [7, 11) is 3.68. The minimum atomic E-state index is -0.236. The van der Waals surface area contributed by atoms with E-state index in [1.54, 1.807) is 19.2 Å². The fourth-order valence-corrected chi connectivity index (χ4v) is 4.13. The highest BCUT2D eigenvalue weighted by Crippen LogP contribution is 2.31. The number of piperazine rings is 1. The summed E-state index contributed by atoms with van der Waals surface area (Å²) in [6.07, 6.45) is 0. The quantitative estimate of drug-likeness (QED) is 0.746. The predicted octanol–water partition coefficient (Wildman–Crippen LogP) is 4.42. The van der Waals surface area contributed by atoms with Crippen LogP contribution in [0.25, 0.3) is 0 Å². The number of aryl methyl sites for hydroxylation is 1. The molecule has 1 N–H and O–H groups in total. The summed E-state index contributed by atoms with van der Waals surface area (Å²) in [6, 6.07) is 9.31. The van der Waals surface area contributed by atoms with E-state index in [9.17, 15) is 4.79 Å². The Hall–Kier alpha value is -1.76. The van der Waals surface area contributed by atoms with Crippen LogP contribution in [0.1, 0.15) is 15.9 Å². The largest absolute Gasteiger partial charge is 0.496 e. The van der Waals surface area contributed by atoms with Gasteiger partial charge in [0.1, 0.15) is 5.75 Å². The molecule has 27 heavy (non-hydrogen) atoms. The molecule has 0 aromatic heterocycles. The van der Waals surface area contributed by atoms with Crippen molar-refractivity contribution >= 4 is 44.8 Å². The smallest absolute Gasteiger partial charge is 0.259 e. The van der Waals surface area contributed by atoms with Crippen LogP contribution in [0.4, 0.5) is 11.4 Å². The number of halogens is 2. The van der Waals surface area contributed by atoms with Gasteiger partial charge in [0.15, 0.2) is 0 Å². The molecule has 0 spiro atoms. The second kappa shape index (κ2) is 8.50. The van der Waals surface area contributed by atoms with E-state index in [2.05, 4.69) is 38.1 Å². The maximum absolute atomic E-state index is 12.8. The first-order valence-corrected chi connectivity index (χ1v) is 9.94. The maximum Gasteiger partial charge on any atom is 0.259 e. The molecule has 3 rings (SSSR count). The van der Waals surface area contributed by atoms with Gasteiger partial charge in [-0.2, -0.15) is 0 Å². The van der Waals surface area contributed by atoms with E-state index in [1.165, 1.54) is 0 Å². The normalized spacial score (nSPS) is 14.9. The molecule has 1 aliphatic heterocycles. The number of benzene rings is 2. The van der Waals surface area contributed by atoms with Gasteiger partial charge in [0.05, 0.1) is 23.4 Å². The molecular weight excluding hydrogens is 430 g/mol. The highest BCUT2D eigenvalue weighted by Gasteiger charge is 2.19. The highest BCUT2D eigenvalue weighted by atomic mass is 79.9. The molecule has 1 fully saturated rings. The highest BCUT2D eigenvalue weighted by molar-refractivity contribution is 9.10. The van der Waals surface area contributed by atoms with E-state index in [4.69, 9.17) is 16.3 Å². The molecule has 0 aliphatic carbocycles. The van der Waals surface area contributed by atoms with Crippen LogP contribution in [0.3, 0.4) is 0 Å². The molecule has 0 atom stereocenters. The zero-order valence-corrected chi connectivity index (χ0v) is 18.0. The van der Waals surface area contributed by atoms with Crippen molar-refractivity contribution in [2.75, 3.05) is 50.6 Å². The third-order valence-corrected chi connectivity index (χ3v) is 5.50. The average molecular weight is 453 g/mol. The zero-order valence-electron chi connectivity index (χ0n) is 15.7. The molecule has 1 heterocycles. The SMILES string of the molecule is COc1c(C)cc(Br)cc1C(=O)Nc1ccc(N2CCN(C)CC2)c(Cl)c1. The first-order chi connectivity index (χ1) is 12.9. The molecule has 0 radical (unpaired) electrons. The summed E-state index contributed by atoms with van der Waals surface area (Å²) in [6.45, 7) is 5.81. The standard InChI is InChI=1S/C20H23BrClN3O2/c1-13-10-14(21)11-16(19(13)27-3)20(26)23-15-4-5-18(17(22)12-15)25-8-6-24(2)7-9-25/h4-5,10-12H,6-9H2,1-3H3,(H,23,26). The number of rotatable bonds is 4. The second-order valence-corrected chi connectivity index (χ2v) is 8.04. The van der Waals surface area contributed by atoms with E-state index in [-0.39, 0.29) is 5.91 Å². The van der Waals surface area contributed by atoms with Crippen molar-refractivity contribution < 1.29 is 9.53 Å². The minimum Gasteiger partial charge on any atom is -0.496 e. The van der Waals surface area contributed by atoms with Crippen molar-refractivity contribution in [2.45, 2.75) is 6.92 Å². The number of nitrogens with one attached hydrogen (secondary N) is 1. The summed E-state index contributed by atoms with van der Waals surface area (Å²) in [5.74, 6) is 0.329. The van der Waals surface area contributed by atoms with Crippen LogP contribution in [0.2, 0.25) is 5.02 Å². The van der Waals surface area contributed by atoms with Crippen molar-refractivity contribution in [3.63, 3.8) is 0 Å². The summed E-state index contributed by atoms with van der Waals surface area (Å²) in [5, 5.41) is 3.55. The van der Waals surface area contributed by atoms with Gasteiger partial charge in [0, 0.05) is 36.3 Å². The molecule has 0 saturated carbocycles. The number of hydrogen-bond donors (Lipinski definition) is 1. The van der Waals surface area contributed by atoms with Crippen molar-refractivity contribution in [2.24, 2.45) is 0 Å². The lowest BCUT2D eigenvalue weighted by atomic mass is 10.1. The monoisotopic (exact) mass is 451 g/mol. The van der Waals surface area contributed by atoms with E-state index in [1.807, 2.05) is 25.1 Å². The van der Waals surface area contributed by atoms with E-state index < -0.39 is 0 Å². The van der Waals surface area contributed by atoms with Gasteiger partial charge in [-0.25, -0.2) is 0 Å². The van der Waals surface area contributed by atoms with Crippen LogP contribution < -0.4 is 15.0 Å². The molecule has 2 aromatic rings. The fourth-order valence-electron chi connectivity index (χ4n) is 3.26. The van der Waals surface area contributed by atoms with Crippen LogP contribution >= 0.6 is 27.5 Å². The van der Waals surface area contributed by atoms with E-state index in [0.717, 1.165) is 41.9 Å². The number of ether oxygens (including phenoxy) is 1. The first-order valence-electron chi connectivity index (χ1n) is 8.77. The fraction of sp³-hybridized carbons (Fsp3) is 0.350. The average Bonchev–Trinajstić information content (AvgIpc) is 2.62. The number of likely N-dealkylation sites (N-methyl/N-ethyl adjacent to an activating group) is 1. The number of nitrogens with zero attached hydrogens (tertiary/aromatic N) is 2. The van der Waals surface area contributed by atoms with Crippen molar-refractivity contribution in [3.8, 4) is 5.75 Å². The number of anilines is 2. The molecule has 5 nitrogen and oxygen atoms in total. The lowest BCUT2D eigenvalue weighted by Gasteiger charge is -2.34. The summed E-state index contributed by atoms with van der Waals surface area (Å²) < 4.78 is 6.23. The topological polar surface area (TPSA) is 44.8 Å². The van der Waals surface area contributed by atoms with Gasteiger partial charge < -0.3 is 19.9 Å². The molecule has 1 saturated heterocycles. The van der Waals surface area contributed by atoms with E-state index in [0.29, 0.717) is 22.0 Å². The van der Waals surface area contributed by atoms with Crippen LogP contribution in [0.5, 0.6) is 5.75 Å². The van der Waals surface area contributed by atoms with Gasteiger partial charge in [-0.1, -0.05) is 27.5 Å². The number of carbonyl (C=O) groups excluding carboxylic acids is 1. The third-order valence-electron chi connectivity index (χ3n) is 4.74. The molecule has 7 heteroatoms. The molecule has 0 bridgehead atoms. The number of amides is 1. The Bertz CT molecular complexity index is 851. The Kier molecular flexibility index (Phi) is 6.29. The van der Waals surface area contributed by atoms with Gasteiger partial charge in [0.25, 0.3) is 5.91 Å². The zero-order chi connectivity index (χ0) is 19.6. The third kappa shape index (κ3) is 4.57. The van der Waals surface area contributed by atoms with Crippen LogP contribution in [0, 0.1) is 6.92 Å². The van der Waals surface area contributed by atoms with Crippen molar-refractivity contribution in [1.82, 2.24) is 4.90 Å². The Morgan fingerprint density at radius 2 is 1.89 bits per heavy atom. The lowest BCUT2D eigenvalue weighted by Crippen LogP contribution is -2.44. The molecule has 144 valence electrons. The molecule has 1 aliphatic rings. The molecule has 0 unspecified atom stereocenters. The first kappa shape index (κ1) is 20.0. The summed E-state index contributed by atoms with van der Waals surface area (Å²) >= 11 is 9.93. The van der Waals surface area contributed by atoms with Crippen LogP contribution in [0.15, 0.2) is 34.8 Å². The Balaban J connectivity index is 1.79. The predicted molar refractivity (Wildman–Crippen MR) is 115 cm³/mol. The number of carbonyl (C=O) groups is 1. The lowest BCUT2D eigenvalue weighted by molar-refractivity contribution is 0.102. The van der Waals surface area contributed by atoms with Gasteiger partial charge in [-0.3, -0.25) is 4.79 Å². The minimum absolute atomic E-state index is 0.236. The van der Waals surface area contributed by atoms with Gasteiger partial charge in [-0.05, 0) is 49.9 Å². The Morgan fingerprint density at radius 3 is 2.52 bits per heavy atom. The van der Waals surface area contributed by atoms with Crippen LogP contribution in [-0.2, 0) is 0 Å². The summed E-state index contributed by atoms with van der Waals surface area (Å²) in [5.41, 5.74) is 3.02. The summed E-state index contributed by atoms with van der Waals surface area (Å²) in [4.78, 5) is 17.3. The molecule has 1 amide bonds. The van der Waals surface area contributed by atoms with Crippen LogP contribution in [-0.4, -0.2) is 51.1 Å². The van der Waals surface area contributed by atoms with Gasteiger partial charge >= 0.3 is 0 Å². The Morgan fingerprint density at radius 1 is 1.19 bits per heavy atom. The molecule has 2 aromatic carbocycles. The van der Waals surface area contributed by atoms with Gasteiger partial charge in [-0.15, -0.1) is 0 Å². The van der Waals surface area contributed by atoms with Crippen molar-refractivity contribution in [3.05, 3.63) is 51.0 Å². The van der Waals surface area contributed by atoms with Gasteiger partial charge in [0.2, 0.25) is 0 Å². The molecular formula is C20H23BrClN3O2. The number of hydrogen-bond acceptors (Lipinski definition) is 4. The Labute approximate surface area is 173 Å². The van der Waals surface area contributed by atoms with E-state index >= 15 is 0 Å². The van der Waals surface area contributed by atoms with Crippen molar-refractivity contribution in [1.29, 1.82) is 0 Å². The maximum atomic E-state index is 12.8. The second-order valence-electron chi connectivity index (χ2n) is 6.71. The number of methoxy groups -OCH3 is 1.